The summed E-state index contributed by atoms with van der Waals surface area (Å²) in [6.07, 6.45) is 4.83. The first kappa shape index (κ1) is 18.9. The van der Waals surface area contributed by atoms with Gasteiger partial charge in [-0.1, -0.05) is 48.0 Å². The minimum Gasteiger partial charge on any atom is -0.395 e. The molecule has 1 aliphatic carbocycles. The van der Waals surface area contributed by atoms with Gasteiger partial charge < -0.3 is 10.2 Å². The SMILES string of the molecule is CS(=O)(=O)c1ccc(C2=CC(CO)(CO)C=C2c2ccc(Cl)cc2)cc1. The van der Waals surface area contributed by atoms with Crippen LogP contribution in [0.2, 0.25) is 5.02 Å². The van der Waals surface area contributed by atoms with E-state index < -0.39 is 15.3 Å². The Hall–Kier alpha value is -1.92. The molecule has 26 heavy (non-hydrogen) atoms. The van der Waals surface area contributed by atoms with E-state index in [4.69, 9.17) is 11.6 Å². The molecule has 136 valence electrons. The molecular weight excluding hydrogens is 372 g/mol. The van der Waals surface area contributed by atoms with Gasteiger partial charge in [0.15, 0.2) is 9.84 Å². The Kier molecular flexibility index (Phi) is 5.08. The first-order chi connectivity index (χ1) is 12.3. The summed E-state index contributed by atoms with van der Waals surface area (Å²) in [4.78, 5) is 0.243. The maximum atomic E-state index is 11.7. The molecule has 0 fully saturated rings. The fourth-order valence-electron chi connectivity index (χ4n) is 2.99. The van der Waals surface area contributed by atoms with Gasteiger partial charge >= 0.3 is 0 Å². The smallest absolute Gasteiger partial charge is 0.175 e. The second kappa shape index (κ2) is 7.00. The molecule has 0 bridgehead atoms. The summed E-state index contributed by atoms with van der Waals surface area (Å²) in [5.74, 6) is 0. The van der Waals surface area contributed by atoms with E-state index in [-0.39, 0.29) is 18.1 Å². The van der Waals surface area contributed by atoms with Crippen molar-refractivity contribution in [2.24, 2.45) is 5.41 Å². The topological polar surface area (TPSA) is 74.6 Å². The van der Waals surface area contributed by atoms with Crippen molar-refractivity contribution in [2.45, 2.75) is 4.90 Å². The molecule has 0 saturated carbocycles. The Morgan fingerprint density at radius 2 is 1.27 bits per heavy atom. The van der Waals surface area contributed by atoms with Gasteiger partial charge in [-0.15, -0.1) is 0 Å². The van der Waals surface area contributed by atoms with Crippen molar-refractivity contribution in [2.75, 3.05) is 19.5 Å². The number of hydrogen-bond acceptors (Lipinski definition) is 4. The Balaban J connectivity index is 2.10. The van der Waals surface area contributed by atoms with Crippen molar-refractivity contribution in [3.05, 3.63) is 76.8 Å². The molecular formula is C20H19ClO4S. The van der Waals surface area contributed by atoms with Crippen LogP contribution in [-0.4, -0.2) is 38.1 Å². The summed E-state index contributed by atoms with van der Waals surface area (Å²) in [7, 11) is -3.27. The van der Waals surface area contributed by atoms with E-state index in [1.165, 1.54) is 6.26 Å². The highest BCUT2D eigenvalue weighted by Crippen LogP contribution is 2.44. The first-order valence-corrected chi connectivity index (χ1v) is 10.3. The molecule has 0 radical (unpaired) electrons. The van der Waals surface area contributed by atoms with Crippen molar-refractivity contribution in [1.82, 2.24) is 0 Å². The van der Waals surface area contributed by atoms with Crippen molar-refractivity contribution >= 4 is 32.6 Å². The largest absolute Gasteiger partial charge is 0.395 e. The average molecular weight is 391 g/mol. The molecule has 6 heteroatoms. The molecule has 2 aromatic carbocycles. The van der Waals surface area contributed by atoms with Crippen LogP contribution >= 0.6 is 11.6 Å². The van der Waals surface area contributed by atoms with E-state index in [2.05, 4.69) is 0 Å². The number of aliphatic hydroxyl groups is 2. The van der Waals surface area contributed by atoms with Gasteiger partial charge in [0.25, 0.3) is 0 Å². The minimum absolute atomic E-state index is 0.231. The average Bonchev–Trinajstić information content (AvgIpc) is 3.02. The maximum absolute atomic E-state index is 11.7. The quantitative estimate of drug-likeness (QED) is 0.822. The lowest BCUT2D eigenvalue weighted by Crippen LogP contribution is -2.23. The van der Waals surface area contributed by atoms with Crippen molar-refractivity contribution in [3.8, 4) is 0 Å². The van der Waals surface area contributed by atoms with Gasteiger partial charge in [0.2, 0.25) is 0 Å². The summed E-state index contributed by atoms with van der Waals surface area (Å²) < 4.78 is 23.3. The van der Waals surface area contributed by atoms with Crippen LogP contribution in [0.5, 0.6) is 0 Å². The van der Waals surface area contributed by atoms with Crippen LogP contribution < -0.4 is 0 Å². The van der Waals surface area contributed by atoms with Gasteiger partial charge in [-0.05, 0) is 46.5 Å². The third-order valence-corrected chi connectivity index (χ3v) is 5.87. The first-order valence-electron chi connectivity index (χ1n) is 8.02. The zero-order chi connectivity index (χ0) is 18.9. The van der Waals surface area contributed by atoms with Gasteiger partial charge in [0.1, 0.15) is 0 Å². The molecule has 2 N–H and O–H groups in total. The number of rotatable bonds is 5. The zero-order valence-electron chi connectivity index (χ0n) is 14.2. The molecule has 2 aromatic rings. The predicted octanol–water partition coefficient (Wildman–Crippen LogP) is 3.20. The molecule has 1 aliphatic rings. The number of allylic oxidation sites excluding steroid dienone is 2. The highest BCUT2D eigenvalue weighted by Gasteiger charge is 2.32. The van der Waals surface area contributed by atoms with Crippen LogP contribution in [0.25, 0.3) is 11.1 Å². The number of sulfone groups is 1. The van der Waals surface area contributed by atoms with E-state index in [0.717, 1.165) is 22.3 Å². The normalized spacial score (nSPS) is 16.3. The van der Waals surface area contributed by atoms with E-state index in [9.17, 15) is 18.6 Å². The molecule has 0 atom stereocenters. The third kappa shape index (κ3) is 3.62. The summed E-state index contributed by atoms with van der Waals surface area (Å²) in [6.45, 7) is -0.461. The summed E-state index contributed by atoms with van der Waals surface area (Å²) in [5, 5.41) is 20.2. The summed E-state index contributed by atoms with van der Waals surface area (Å²) in [6, 6.07) is 13.9. The van der Waals surface area contributed by atoms with Crippen LogP contribution in [0.15, 0.2) is 65.6 Å². The van der Waals surface area contributed by atoms with Gasteiger partial charge in [0.05, 0.1) is 23.5 Å². The second-order valence-corrected chi connectivity index (χ2v) is 8.92. The van der Waals surface area contributed by atoms with Crippen LogP contribution in [-0.2, 0) is 9.84 Å². The zero-order valence-corrected chi connectivity index (χ0v) is 15.8. The standard InChI is InChI=1S/C20H19ClO4S/c1-26(24,25)17-8-4-15(5-9-17)19-11-20(12-22,13-23)10-18(19)14-2-6-16(21)7-3-14/h2-11,22-23H,12-13H2,1H3. The highest BCUT2D eigenvalue weighted by atomic mass is 35.5. The van der Waals surface area contributed by atoms with Gasteiger partial charge in [-0.25, -0.2) is 8.42 Å². The lowest BCUT2D eigenvalue weighted by atomic mass is 9.91. The molecule has 0 unspecified atom stereocenters. The lowest BCUT2D eigenvalue weighted by Gasteiger charge is -2.18. The maximum Gasteiger partial charge on any atom is 0.175 e. The Labute approximate surface area is 158 Å². The second-order valence-electron chi connectivity index (χ2n) is 6.47. The van der Waals surface area contributed by atoms with E-state index in [0.29, 0.717) is 5.02 Å². The molecule has 0 aromatic heterocycles. The number of benzene rings is 2. The van der Waals surface area contributed by atoms with E-state index in [1.54, 1.807) is 36.4 Å². The fraction of sp³-hybridized carbons (Fsp3) is 0.200. The van der Waals surface area contributed by atoms with E-state index in [1.807, 2.05) is 24.3 Å². The lowest BCUT2D eigenvalue weighted by molar-refractivity contribution is 0.131. The molecule has 0 aliphatic heterocycles. The van der Waals surface area contributed by atoms with Crippen molar-refractivity contribution < 1.29 is 18.6 Å². The van der Waals surface area contributed by atoms with Gasteiger partial charge in [0, 0.05) is 11.3 Å². The Morgan fingerprint density at radius 1 is 0.846 bits per heavy atom. The number of hydrogen-bond donors (Lipinski definition) is 2. The third-order valence-electron chi connectivity index (χ3n) is 4.49. The monoisotopic (exact) mass is 390 g/mol. The minimum atomic E-state index is -3.27. The summed E-state index contributed by atoms with van der Waals surface area (Å²) in [5.41, 5.74) is 2.53. The van der Waals surface area contributed by atoms with Gasteiger partial charge in [-0.2, -0.15) is 0 Å². The molecule has 0 spiro atoms. The Morgan fingerprint density at radius 3 is 1.65 bits per heavy atom. The van der Waals surface area contributed by atoms with Crippen molar-refractivity contribution in [3.63, 3.8) is 0 Å². The van der Waals surface area contributed by atoms with Gasteiger partial charge in [-0.3, -0.25) is 0 Å². The number of aliphatic hydroxyl groups excluding tert-OH is 2. The van der Waals surface area contributed by atoms with Crippen LogP contribution in [0.3, 0.4) is 0 Å². The predicted molar refractivity (Wildman–Crippen MR) is 104 cm³/mol. The fourth-order valence-corrected chi connectivity index (χ4v) is 3.75. The molecule has 0 saturated heterocycles. The van der Waals surface area contributed by atoms with Crippen LogP contribution in [0.4, 0.5) is 0 Å². The molecule has 3 rings (SSSR count). The molecule has 0 heterocycles. The highest BCUT2D eigenvalue weighted by molar-refractivity contribution is 7.90. The van der Waals surface area contributed by atoms with Crippen LogP contribution in [0.1, 0.15) is 11.1 Å². The van der Waals surface area contributed by atoms with Crippen LogP contribution in [0, 0.1) is 5.41 Å². The Bertz CT molecular complexity index is 967. The number of halogens is 1. The van der Waals surface area contributed by atoms with E-state index >= 15 is 0 Å². The van der Waals surface area contributed by atoms with Crippen molar-refractivity contribution in [1.29, 1.82) is 0 Å². The summed E-state index contributed by atoms with van der Waals surface area (Å²) >= 11 is 5.97. The molecule has 0 amide bonds. The molecule has 4 nitrogen and oxygen atoms in total.